The second kappa shape index (κ2) is 5.36. The van der Waals surface area contributed by atoms with Crippen LogP contribution in [0, 0.1) is 6.92 Å². The minimum Gasteiger partial charge on any atom is -0.493 e. The fraction of sp³-hybridized carbons (Fsp3) is 0.333. The van der Waals surface area contributed by atoms with Crippen LogP contribution in [0.25, 0.3) is 0 Å². The van der Waals surface area contributed by atoms with Gasteiger partial charge in [0.05, 0.1) is 12.3 Å². The second-order valence-corrected chi connectivity index (χ2v) is 4.77. The van der Waals surface area contributed by atoms with Gasteiger partial charge in [-0.1, -0.05) is 18.2 Å². The van der Waals surface area contributed by atoms with Crippen LogP contribution in [0.2, 0.25) is 0 Å². The van der Waals surface area contributed by atoms with Gasteiger partial charge in [-0.2, -0.15) is 0 Å². The Bertz CT molecular complexity index is 571. The molecule has 0 amide bonds. The van der Waals surface area contributed by atoms with Crippen LogP contribution in [0.3, 0.4) is 0 Å². The van der Waals surface area contributed by atoms with E-state index in [2.05, 4.69) is 27.4 Å². The zero-order valence-corrected chi connectivity index (χ0v) is 11.0. The highest BCUT2D eigenvalue weighted by Crippen LogP contribution is 2.32. The van der Waals surface area contributed by atoms with Gasteiger partial charge < -0.3 is 10.1 Å². The Kier molecular flexibility index (Phi) is 3.42. The lowest BCUT2D eigenvalue weighted by molar-refractivity contribution is 0.326. The number of rotatable bonds is 4. The number of aromatic nitrogens is 2. The minimum absolute atomic E-state index is 0.430. The summed E-state index contributed by atoms with van der Waals surface area (Å²) in [4.78, 5) is 8.47. The number of hydrogen-bond acceptors (Lipinski definition) is 4. The van der Waals surface area contributed by atoms with Crippen molar-refractivity contribution in [1.29, 1.82) is 0 Å². The summed E-state index contributed by atoms with van der Waals surface area (Å²) in [5.41, 5.74) is 2.33. The normalized spacial score (nSPS) is 17.0. The van der Waals surface area contributed by atoms with Crippen LogP contribution in [0.1, 0.15) is 23.0 Å². The molecular weight excluding hydrogens is 238 g/mol. The van der Waals surface area contributed by atoms with Gasteiger partial charge in [0.1, 0.15) is 11.6 Å². The molecule has 1 aliphatic heterocycles. The third-order valence-corrected chi connectivity index (χ3v) is 3.33. The van der Waals surface area contributed by atoms with Gasteiger partial charge in [0.2, 0.25) is 0 Å². The maximum absolute atomic E-state index is 5.67. The van der Waals surface area contributed by atoms with Crippen LogP contribution in [-0.2, 0) is 6.54 Å². The van der Waals surface area contributed by atoms with Crippen LogP contribution in [0.4, 0.5) is 0 Å². The molecule has 1 atom stereocenters. The first-order chi connectivity index (χ1) is 9.33. The molecule has 0 saturated heterocycles. The van der Waals surface area contributed by atoms with Crippen LogP contribution in [-0.4, -0.2) is 23.1 Å². The summed E-state index contributed by atoms with van der Waals surface area (Å²) in [5, 5.41) is 3.44. The summed E-state index contributed by atoms with van der Waals surface area (Å²) >= 11 is 0. The molecule has 0 radical (unpaired) electrons. The summed E-state index contributed by atoms with van der Waals surface area (Å²) < 4.78 is 5.67. The highest BCUT2D eigenvalue weighted by Gasteiger charge is 2.22. The van der Waals surface area contributed by atoms with Gasteiger partial charge in [0.15, 0.2) is 0 Å². The van der Waals surface area contributed by atoms with E-state index < -0.39 is 0 Å². The SMILES string of the molecule is Cc1nccc(CNCC2COc3ccccc32)n1. The van der Waals surface area contributed by atoms with E-state index in [4.69, 9.17) is 4.74 Å². The Morgan fingerprint density at radius 3 is 3.11 bits per heavy atom. The number of nitrogens with one attached hydrogen (secondary N) is 1. The first-order valence-corrected chi connectivity index (χ1v) is 6.54. The van der Waals surface area contributed by atoms with Crippen molar-refractivity contribution in [2.45, 2.75) is 19.4 Å². The van der Waals surface area contributed by atoms with Gasteiger partial charge in [-0.05, 0) is 19.1 Å². The standard InChI is InChI=1S/C15H17N3O/c1-11-17-7-6-13(18-11)9-16-8-12-10-19-15-5-3-2-4-14(12)15/h2-7,12,16H,8-10H2,1H3. The minimum atomic E-state index is 0.430. The van der Waals surface area contributed by atoms with E-state index in [1.165, 1.54) is 5.56 Å². The van der Waals surface area contributed by atoms with Gasteiger partial charge in [-0.15, -0.1) is 0 Å². The van der Waals surface area contributed by atoms with Gasteiger partial charge in [0.25, 0.3) is 0 Å². The number of ether oxygens (including phenoxy) is 1. The van der Waals surface area contributed by atoms with Gasteiger partial charge in [-0.3, -0.25) is 0 Å². The highest BCUT2D eigenvalue weighted by molar-refractivity contribution is 5.39. The van der Waals surface area contributed by atoms with Crippen molar-refractivity contribution < 1.29 is 4.74 Å². The Morgan fingerprint density at radius 1 is 1.32 bits per heavy atom. The van der Waals surface area contributed by atoms with Crippen LogP contribution in [0.15, 0.2) is 36.5 Å². The molecule has 4 heteroatoms. The molecular formula is C15H17N3O. The van der Waals surface area contributed by atoms with Crippen LogP contribution >= 0.6 is 0 Å². The molecule has 0 fully saturated rings. The summed E-state index contributed by atoms with van der Waals surface area (Å²) in [6.07, 6.45) is 1.80. The first kappa shape index (κ1) is 12.1. The molecule has 98 valence electrons. The summed E-state index contributed by atoms with van der Waals surface area (Å²) in [6.45, 7) is 4.34. The Morgan fingerprint density at radius 2 is 2.21 bits per heavy atom. The highest BCUT2D eigenvalue weighted by atomic mass is 16.5. The number of aryl methyl sites for hydroxylation is 1. The number of nitrogens with zero attached hydrogens (tertiary/aromatic N) is 2. The molecule has 1 unspecified atom stereocenters. The average Bonchev–Trinajstić information content (AvgIpc) is 2.83. The molecule has 0 spiro atoms. The smallest absolute Gasteiger partial charge is 0.125 e. The molecule has 2 heterocycles. The molecule has 2 aromatic rings. The number of para-hydroxylation sites is 1. The lowest BCUT2D eigenvalue weighted by Crippen LogP contribution is -2.22. The van der Waals surface area contributed by atoms with E-state index in [0.717, 1.165) is 37.0 Å². The quantitative estimate of drug-likeness (QED) is 0.908. The van der Waals surface area contributed by atoms with Crippen molar-refractivity contribution in [3.05, 3.63) is 53.6 Å². The molecule has 1 aliphatic rings. The third-order valence-electron chi connectivity index (χ3n) is 3.33. The molecule has 1 aromatic heterocycles. The zero-order valence-electron chi connectivity index (χ0n) is 11.0. The van der Waals surface area contributed by atoms with Crippen molar-refractivity contribution in [1.82, 2.24) is 15.3 Å². The lowest BCUT2D eigenvalue weighted by atomic mass is 10.0. The maximum atomic E-state index is 5.67. The van der Waals surface area contributed by atoms with E-state index in [0.29, 0.717) is 5.92 Å². The number of fused-ring (bicyclic) bond motifs is 1. The fourth-order valence-corrected chi connectivity index (χ4v) is 2.38. The lowest BCUT2D eigenvalue weighted by Gasteiger charge is -2.10. The van der Waals surface area contributed by atoms with E-state index in [-0.39, 0.29) is 0 Å². The maximum Gasteiger partial charge on any atom is 0.125 e. The van der Waals surface area contributed by atoms with Crippen molar-refractivity contribution in [2.75, 3.05) is 13.2 Å². The summed E-state index contributed by atoms with van der Waals surface area (Å²) in [6, 6.07) is 10.2. The predicted molar refractivity (Wildman–Crippen MR) is 73.2 cm³/mol. The summed E-state index contributed by atoms with van der Waals surface area (Å²) in [5.74, 6) is 2.26. The molecule has 19 heavy (non-hydrogen) atoms. The molecule has 4 nitrogen and oxygen atoms in total. The van der Waals surface area contributed by atoms with Gasteiger partial charge in [0, 0.05) is 30.8 Å². The average molecular weight is 255 g/mol. The van der Waals surface area contributed by atoms with Crippen molar-refractivity contribution in [3.63, 3.8) is 0 Å². The largest absolute Gasteiger partial charge is 0.493 e. The van der Waals surface area contributed by atoms with Crippen molar-refractivity contribution >= 4 is 0 Å². The van der Waals surface area contributed by atoms with Gasteiger partial charge >= 0.3 is 0 Å². The number of benzene rings is 1. The Hall–Kier alpha value is -1.94. The van der Waals surface area contributed by atoms with E-state index >= 15 is 0 Å². The fourth-order valence-electron chi connectivity index (χ4n) is 2.38. The monoisotopic (exact) mass is 255 g/mol. The molecule has 0 bridgehead atoms. The number of hydrogen-bond donors (Lipinski definition) is 1. The molecule has 3 rings (SSSR count). The van der Waals surface area contributed by atoms with E-state index in [1.807, 2.05) is 25.1 Å². The second-order valence-electron chi connectivity index (χ2n) is 4.77. The van der Waals surface area contributed by atoms with Crippen molar-refractivity contribution in [3.8, 4) is 5.75 Å². The Balaban J connectivity index is 1.57. The van der Waals surface area contributed by atoms with E-state index in [1.54, 1.807) is 6.20 Å². The third kappa shape index (κ3) is 2.74. The zero-order chi connectivity index (χ0) is 13.1. The van der Waals surface area contributed by atoms with Crippen molar-refractivity contribution in [2.24, 2.45) is 0 Å². The van der Waals surface area contributed by atoms with Crippen LogP contribution < -0.4 is 10.1 Å². The molecule has 1 N–H and O–H groups in total. The predicted octanol–water partition coefficient (Wildman–Crippen LogP) is 2.05. The van der Waals surface area contributed by atoms with Gasteiger partial charge in [-0.25, -0.2) is 9.97 Å². The van der Waals surface area contributed by atoms with E-state index in [9.17, 15) is 0 Å². The summed E-state index contributed by atoms with van der Waals surface area (Å²) in [7, 11) is 0. The Labute approximate surface area is 112 Å². The first-order valence-electron chi connectivity index (χ1n) is 6.54. The topological polar surface area (TPSA) is 47.0 Å². The molecule has 0 saturated carbocycles. The molecule has 0 aliphatic carbocycles. The molecule has 1 aromatic carbocycles. The van der Waals surface area contributed by atoms with Crippen LogP contribution in [0.5, 0.6) is 5.75 Å².